The molecule has 3 heteroatoms. The summed E-state index contributed by atoms with van der Waals surface area (Å²) in [6.07, 6.45) is 16.0. The molecule has 0 radical (unpaired) electrons. The third-order valence-electron chi connectivity index (χ3n) is 6.32. The number of fused-ring (bicyclic) bond motifs is 2. The highest BCUT2D eigenvalue weighted by molar-refractivity contribution is 5.81. The lowest BCUT2D eigenvalue weighted by atomic mass is 9.78. The maximum Gasteiger partial charge on any atom is 0.223 e. The van der Waals surface area contributed by atoms with Crippen LogP contribution < -0.4 is 5.32 Å². The summed E-state index contributed by atoms with van der Waals surface area (Å²) in [5.41, 5.74) is 0. The van der Waals surface area contributed by atoms with E-state index in [0.717, 1.165) is 31.0 Å². The molecule has 4 fully saturated rings. The topological polar surface area (TPSA) is 32.3 Å². The van der Waals surface area contributed by atoms with Crippen LogP contribution in [0.3, 0.4) is 0 Å². The second-order valence-electron chi connectivity index (χ2n) is 7.93. The fourth-order valence-corrected chi connectivity index (χ4v) is 5.18. The Balaban J connectivity index is 1.40. The van der Waals surface area contributed by atoms with Crippen LogP contribution in [0.15, 0.2) is 0 Å². The van der Waals surface area contributed by atoms with Gasteiger partial charge in [-0.25, -0.2) is 0 Å². The first kappa shape index (κ1) is 14.0. The standard InChI is InChI=1S/C18H30N2O/c21-18(13-9-10-13)19-14-11-16-7-4-8-17(12-14)20(16)15-5-2-1-3-6-15/h13-17H,1-12H2,(H,19,21). The van der Waals surface area contributed by atoms with Gasteiger partial charge in [0, 0.05) is 30.1 Å². The highest BCUT2D eigenvalue weighted by atomic mass is 16.2. The Hall–Kier alpha value is -0.570. The van der Waals surface area contributed by atoms with Crippen LogP contribution in [0.5, 0.6) is 0 Å². The van der Waals surface area contributed by atoms with Crippen molar-refractivity contribution in [1.82, 2.24) is 10.2 Å². The summed E-state index contributed by atoms with van der Waals surface area (Å²) in [4.78, 5) is 15.0. The van der Waals surface area contributed by atoms with Crippen molar-refractivity contribution in [3.05, 3.63) is 0 Å². The van der Waals surface area contributed by atoms with Gasteiger partial charge in [-0.15, -0.1) is 0 Å². The van der Waals surface area contributed by atoms with Crippen molar-refractivity contribution in [2.45, 2.75) is 101 Å². The van der Waals surface area contributed by atoms with Crippen LogP contribution in [0.1, 0.15) is 77.0 Å². The van der Waals surface area contributed by atoms with E-state index < -0.39 is 0 Å². The molecule has 0 aromatic heterocycles. The van der Waals surface area contributed by atoms with Gasteiger partial charge in [0.15, 0.2) is 0 Å². The first-order valence-corrected chi connectivity index (χ1v) is 9.39. The van der Waals surface area contributed by atoms with Crippen molar-refractivity contribution in [3.63, 3.8) is 0 Å². The Morgan fingerprint density at radius 2 is 1.38 bits per heavy atom. The minimum atomic E-state index is 0.351. The molecule has 118 valence electrons. The average Bonchev–Trinajstić information content (AvgIpc) is 3.32. The van der Waals surface area contributed by atoms with E-state index in [2.05, 4.69) is 10.2 Å². The van der Waals surface area contributed by atoms with Crippen LogP contribution in [-0.2, 0) is 4.79 Å². The first-order valence-electron chi connectivity index (χ1n) is 9.39. The smallest absolute Gasteiger partial charge is 0.223 e. The van der Waals surface area contributed by atoms with E-state index in [4.69, 9.17) is 0 Å². The molecule has 2 saturated carbocycles. The molecule has 0 aromatic carbocycles. The molecule has 4 aliphatic rings. The minimum Gasteiger partial charge on any atom is -0.353 e. The predicted molar refractivity (Wildman–Crippen MR) is 84.0 cm³/mol. The van der Waals surface area contributed by atoms with E-state index in [-0.39, 0.29) is 0 Å². The number of piperidine rings is 2. The molecule has 2 aliphatic carbocycles. The van der Waals surface area contributed by atoms with E-state index in [0.29, 0.717) is 17.9 Å². The number of carbonyl (C=O) groups excluding carboxylic acids is 1. The van der Waals surface area contributed by atoms with Gasteiger partial charge < -0.3 is 5.32 Å². The number of hydrogen-bond acceptors (Lipinski definition) is 2. The second-order valence-corrected chi connectivity index (χ2v) is 7.93. The van der Waals surface area contributed by atoms with Crippen molar-refractivity contribution >= 4 is 5.91 Å². The zero-order valence-corrected chi connectivity index (χ0v) is 13.2. The summed E-state index contributed by atoms with van der Waals surface area (Å²) in [6, 6.07) is 2.83. The Bertz CT molecular complexity index is 373. The number of nitrogens with zero attached hydrogens (tertiary/aromatic N) is 1. The van der Waals surface area contributed by atoms with Gasteiger partial charge in [0.25, 0.3) is 0 Å². The van der Waals surface area contributed by atoms with Crippen molar-refractivity contribution < 1.29 is 4.79 Å². The van der Waals surface area contributed by atoms with Crippen LogP contribution in [0.4, 0.5) is 0 Å². The summed E-state index contributed by atoms with van der Waals surface area (Å²) in [5.74, 6) is 0.713. The lowest BCUT2D eigenvalue weighted by Gasteiger charge is -2.53. The van der Waals surface area contributed by atoms with Gasteiger partial charge in [-0.3, -0.25) is 9.69 Å². The molecule has 1 amide bonds. The summed E-state index contributed by atoms with van der Waals surface area (Å²) >= 11 is 0. The van der Waals surface area contributed by atoms with E-state index in [9.17, 15) is 4.79 Å². The maximum absolute atomic E-state index is 12.1. The second kappa shape index (κ2) is 5.91. The fourth-order valence-electron chi connectivity index (χ4n) is 5.18. The van der Waals surface area contributed by atoms with Gasteiger partial charge in [-0.05, 0) is 51.4 Å². The predicted octanol–water partition coefficient (Wildman–Crippen LogP) is 3.23. The summed E-state index contributed by atoms with van der Waals surface area (Å²) < 4.78 is 0. The van der Waals surface area contributed by atoms with Gasteiger partial charge in [-0.2, -0.15) is 0 Å². The van der Waals surface area contributed by atoms with Crippen LogP contribution >= 0.6 is 0 Å². The van der Waals surface area contributed by atoms with E-state index in [1.807, 2.05) is 0 Å². The van der Waals surface area contributed by atoms with Crippen LogP contribution in [0.25, 0.3) is 0 Å². The van der Waals surface area contributed by atoms with E-state index >= 15 is 0 Å². The molecular weight excluding hydrogens is 260 g/mol. The largest absolute Gasteiger partial charge is 0.353 e. The molecule has 2 bridgehead atoms. The molecule has 4 rings (SSSR count). The summed E-state index contributed by atoms with van der Waals surface area (Å²) in [5, 5.41) is 3.37. The molecule has 2 saturated heterocycles. The van der Waals surface area contributed by atoms with Crippen molar-refractivity contribution in [2.24, 2.45) is 5.92 Å². The normalized spacial score (nSPS) is 38.2. The highest BCUT2D eigenvalue weighted by Gasteiger charge is 2.42. The molecule has 2 aliphatic heterocycles. The van der Waals surface area contributed by atoms with Gasteiger partial charge in [0.1, 0.15) is 0 Å². The molecular formula is C18H30N2O. The molecule has 2 heterocycles. The Morgan fingerprint density at radius 1 is 0.762 bits per heavy atom. The molecule has 0 aromatic rings. The van der Waals surface area contributed by atoms with Crippen LogP contribution in [0.2, 0.25) is 0 Å². The van der Waals surface area contributed by atoms with E-state index in [1.54, 1.807) is 0 Å². The van der Waals surface area contributed by atoms with E-state index in [1.165, 1.54) is 64.2 Å². The lowest BCUT2D eigenvalue weighted by molar-refractivity contribution is -0.124. The molecule has 1 N–H and O–H groups in total. The van der Waals surface area contributed by atoms with Gasteiger partial charge in [0.05, 0.1) is 0 Å². The van der Waals surface area contributed by atoms with Gasteiger partial charge >= 0.3 is 0 Å². The third-order valence-corrected chi connectivity index (χ3v) is 6.32. The van der Waals surface area contributed by atoms with Gasteiger partial charge in [0.2, 0.25) is 5.91 Å². The third kappa shape index (κ3) is 2.99. The Kier molecular flexibility index (Phi) is 3.95. The summed E-state index contributed by atoms with van der Waals surface area (Å²) in [6.45, 7) is 0. The number of rotatable bonds is 3. The highest BCUT2D eigenvalue weighted by Crippen LogP contribution is 2.39. The molecule has 21 heavy (non-hydrogen) atoms. The maximum atomic E-state index is 12.1. The van der Waals surface area contributed by atoms with Crippen molar-refractivity contribution in [1.29, 1.82) is 0 Å². The zero-order chi connectivity index (χ0) is 14.2. The first-order chi connectivity index (χ1) is 10.3. The fraction of sp³-hybridized carbons (Fsp3) is 0.944. The summed E-state index contributed by atoms with van der Waals surface area (Å²) in [7, 11) is 0. The molecule has 3 nitrogen and oxygen atoms in total. The lowest BCUT2D eigenvalue weighted by Crippen LogP contribution is -2.60. The van der Waals surface area contributed by atoms with Crippen LogP contribution in [0, 0.1) is 5.92 Å². The monoisotopic (exact) mass is 290 g/mol. The van der Waals surface area contributed by atoms with Crippen LogP contribution in [-0.4, -0.2) is 35.0 Å². The SMILES string of the molecule is O=C(NC1CC2CCCC(C1)N2C1CCCCC1)C1CC1. The number of amides is 1. The van der Waals surface area contributed by atoms with Gasteiger partial charge in [-0.1, -0.05) is 25.7 Å². The van der Waals surface area contributed by atoms with Crippen molar-refractivity contribution in [2.75, 3.05) is 0 Å². The number of hydrogen-bond donors (Lipinski definition) is 1. The molecule has 2 atom stereocenters. The quantitative estimate of drug-likeness (QED) is 0.865. The average molecular weight is 290 g/mol. The Morgan fingerprint density at radius 3 is 2.00 bits per heavy atom. The van der Waals surface area contributed by atoms with Crippen molar-refractivity contribution in [3.8, 4) is 0 Å². The molecule has 2 unspecified atom stereocenters. The number of carbonyl (C=O) groups is 1. The minimum absolute atomic E-state index is 0.351. The zero-order valence-electron chi connectivity index (χ0n) is 13.2. The molecule has 0 spiro atoms. The Labute approximate surface area is 128 Å². The number of nitrogens with one attached hydrogen (secondary N) is 1.